The standard InChI is InChI=1S/C12H7ClF3NO3/c13-11(14)12(15,16)20-8-3-1-7(2-4-8)17-9(18)5-6-10(17)19/h1-6,11H/t11-/m0/s1. The zero-order valence-electron chi connectivity index (χ0n) is 9.73. The number of rotatable bonds is 4. The molecule has 0 unspecified atom stereocenters. The van der Waals surface area contributed by atoms with Crippen molar-refractivity contribution in [2.24, 2.45) is 0 Å². The largest absolute Gasteiger partial charge is 0.444 e. The minimum absolute atomic E-state index is 0.184. The monoisotopic (exact) mass is 305 g/mol. The van der Waals surface area contributed by atoms with Crippen LogP contribution in [0.3, 0.4) is 0 Å². The molecule has 0 saturated carbocycles. The van der Waals surface area contributed by atoms with Crippen molar-refractivity contribution < 1.29 is 27.5 Å². The Labute approximate surface area is 116 Å². The van der Waals surface area contributed by atoms with Gasteiger partial charge >= 0.3 is 6.11 Å². The zero-order chi connectivity index (χ0) is 14.9. The van der Waals surface area contributed by atoms with Gasteiger partial charge < -0.3 is 4.74 Å². The average molecular weight is 306 g/mol. The highest BCUT2D eigenvalue weighted by molar-refractivity contribution is 6.28. The fraction of sp³-hybridized carbons (Fsp3) is 0.167. The van der Waals surface area contributed by atoms with E-state index in [1.165, 1.54) is 12.1 Å². The van der Waals surface area contributed by atoms with Crippen LogP contribution in [0.4, 0.5) is 18.9 Å². The van der Waals surface area contributed by atoms with Gasteiger partial charge in [-0.25, -0.2) is 9.29 Å². The molecule has 0 spiro atoms. The van der Waals surface area contributed by atoms with Crippen molar-refractivity contribution in [2.45, 2.75) is 11.7 Å². The molecule has 0 N–H and O–H groups in total. The van der Waals surface area contributed by atoms with Crippen molar-refractivity contribution in [1.29, 1.82) is 0 Å². The average Bonchev–Trinajstić information content (AvgIpc) is 2.70. The lowest BCUT2D eigenvalue weighted by molar-refractivity contribution is -0.199. The summed E-state index contributed by atoms with van der Waals surface area (Å²) in [5.74, 6) is -1.44. The molecule has 2 amide bonds. The molecular weight excluding hydrogens is 299 g/mol. The number of hydrogen-bond donors (Lipinski definition) is 0. The molecule has 106 valence electrons. The van der Waals surface area contributed by atoms with Crippen LogP contribution in [0.25, 0.3) is 0 Å². The van der Waals surface area contributed by atoms with Crippen molar-refractivity contribution >= 4 is 29.1 Å². The molecule has 0 radical (unpaired) electrons. The number of amides is 2. The van der Waals surface area contributed by atoms with Gasteiger partial charge in [-0.15, -0.1) is 0 Å². The molecule has 2 rings (SSSR count). The summed E-state index contributed by atoms with van der Waals surface area (Å²) >= 11 is 4.64. The maximum atomic E-state index is 12.9. The van der Waals surface area contributed by atoms with Crippen molar-refractivity contribution in [3.8, 4) is 5.75 Å². The first kappa shape index (κ1) is 14.4. The summed E-state index contributed by atoms with van der Waals surface area (Å²) in [6.45, 7) is 0. The first-order valence-corrected chi connectivity index (χ1v) is 5.76. The number of halogens is 4. The molecule has 0 fully saturated rings. The predicted molar refractivity (Wildman–Crippen MR) is 64.4 cm³/mol. The molecule has 0 saturated heterocycles. The summed E-state index contributed by atoms with van der Waals surface area (Å²) in [6, 6.07) is 4.58. The van der Waals surface area contributed by atoms with Gasteiger partial charge in [-0.1, -0.05) is 11.6 Å². The SMILES string of the molecule is O=C1C=CC(=O)N1c1ccc(OC(F)(F)[C@H](F)Cl)cc1. The topological polar surface area (TPSA) is 46.6 Å². The fourth-order valence-electron chi connectivity index (χ4n) is 1.52. The zero-order valence-corrected chi connectivity index (χ0v) is 10.5. The van der Waals surface area contributed by atoms with Gasteiger partial charge in [0, 0.05) is 12.2 Å². The van der Waals surface area contributed by atoms with Crippen LogP contribution in [-0.4, -0.2) is 23.6 Å². The molecule has 1 atom stereocenters. The third-order valence-electron chi connectivity index (χ3n) is 2.41. The number of hydrogen-bond acceptors (Lipinski definition) is 3. The molecule has 0 bridgehead atoms. The Bertz CT molecular complexity index is 554. The fourth-order valence-corrected chi connectivity index (χ4v) is 1.56. The molecule has 4 nitrogen and oxygen atoms in total. The summed E-state index contributed by atoms with van der Waals surface area (Å²) in [7, 11) is 0. The van der Waals surface area contributed by atoms with E-state index in [9.17, 15) is 22.8 Å². The number of carbonyl (C=O) groups excluding carboxylic acids is 2. The van der Waals surface area contributed by atoms with E-state index in [0.717, 1.165) is 29.2 Å². The molecule has 0 aliphatic carbocycles. The third-order valence-corrected chi connectivity index (χ3v) is 2.67. The Hall–Kier alpha value is -2.02. The molecule has 1 aromatic carbocycles. The molecule has 8 heteroatoms. The quantitative estimate of drug-likeness (QED) is 0.634. The Morgan fingerprint density at radius 2 is 1.60 bits per heavy atom. The normalized spacial score (nSPS) is 16.7. The highest BCUT2D eigenvalue weighted by Crippen LogP contribution is 2.30. The maximum Gasteiger partial charge on any atom is 0.444 e. The van der Waals surface area contributed by atoms with E-state index >= 15 is 0 Å². The Morgan fingerprint density at radius 3 is 2.05 bits per heavy atom. The summed E-state index contributed by atoms with van der Waals surface area (Å²) in [5, 5.41) is 0. The van der Waals surface area contributed by atoms with Crippen molar-refractivity contribution in [3.05, 3.63) is 36.4 Å². The first-order chi connectivity index (χ1) is 9.31. The molecule has 1 aliphatic heterocycles. The van der Waals surface area contributed by atoms with Crippen LogP contribution in [0.15, 0.2) is 36.4 Å². The number of nitrogens with zero attached hydrogens (tertiary/aromatic N) is 1. The van der Waals surface area contributed by atoms with Gasteiger partial charge in [0.25, 0.3) is 17.4 Å². The van der Waals surface area contributed by atoms with E-state index in [1.807, 2.05) is 0 Å². The molecule has 0 aromatic heterocycles. The molecule has 20 heavy (non-hydrogen) atoms. The maximum absolute atomic E-state index is 12.9. The van der Waals surface area contributed by atoms with Gasteiger partial charge in [-0.05, 0) is 24.3 Å². The van der Waals surface area contributed by atoms with Crippen LogP contribution in [-0.2, 0) is 9.59 Å². The molecular formula is C12H7ClF3NO3. The predicted octanol–water partition coefficient (Wildman–Crippen LogP) is 2.62. The second-order valence-corrected chi connectivity index (χ2v) is 4.19. The Balaban J connectivity index is 2.15. The number of alkyl halides is 4. The van der Waals surface area contributed by atoms with Gasteiger partial charge in [0.1, 0.15) is 5.75 Å². The van der Waals surface area contributed by atoms with E-state index in [0.29, 0.717) is 0 Å². The van der Waals surface area contributed by atoms with Crippen molar-refractivity contribution in [3.63, 3.8) is 0 Å². The number of ether oxygens (including phenoxy) is 1. The van der Waals surface area contributed by atoms with E-state index in [-0.39, 0.29) is 11.4 Å². The first-order valence-electron chi connectivity index (χ1n) is 5.32. The molecule has 1 heterocycles. The lowest BCUT2D eigenvalue weighted by Crippen LogP contribution is -2.33. The van der Waals surface area contributed by atoms with Gasteiger partial charge in [-0.3, -0.25) is 9.59 Å². The van der Waals surface area contributed by atoms with Crippen molar-refractivity contribution in [1.82, 2.24) is 0 Å². The lowest BCUT2D eigenvalue weighted by atomic mass is 10.2. The van der Waals surface area contributed by atoms with Crippen molar-refractivity contribution in [2.75, 3.05) is 4.90 Å². The lowest BCUT2D eigenvalue weighted by Gasteiger charge is -2.18. The smallest absolute Gasteiger partial charge is 0.429 e. The van der Waals surface area contributed by atoms with E-state index in [1.54, 1.807) is 0 Å². The minimum Gasteiger partial charge on any atom is -0.429 e. The van der Waals surface area contributed by atoms with Crippen LogP contribution in [0.1, 0.15) is 0 Å². The molecule has 1 aliphatic rings. The summed E-state index contributed by atoms with van der Waals surface area (Å²) < 4.78 is 42.3. The van der Waals surface area contributed by atoms with E-state index in [2.05, 4.69) is 16.3 Å². The Morgan fingerprint density at radius 1 is 1.10 bits per heavy atom. The van der Waals surface area contributed by atoms with Crippen LogP contribution >= 0.6 is 11.6 Å². The van der Waals surface area contributed by atoms with E-state index in [4.69, 9.17) is 0 Å². The van der Waals surface area contributed by atoms with Crippen LogP contribution in [0, 0.1) is 0 Å². The number of imide groups is 1. The summed E-state index contributed by atoms with van der Waals surface area (Å²) in [5.41, 5.74) is -2.81. The Kier molecular flexibility index (Phi) is 3.71. The van der Waals surface area contributed by atoms with Crippen LogP contribution < -0.4 is 9.64 Å². The third kappa shape index (κ3) is 2.77. The summed E-state index contributed by atoms with van der Waals surface area (Å²) in [6.07, 6.45) is -2.01. The van der Waals surface area contributed by atoms with Gasteiger partial charge in [0.15, 0.2) is 0 Å². The van der Waals surface area contributed by atoms with Gasteiger partial charge in [0.05, 0.1) is 5.69 Å². The highest BCUT2D eigenvalue weighted by atomic mass is 35.5. The number of carbonyl (C=O) groups is 2. The van der Waals surface area contributed by atoms with Crippen LogP contribution in [0.2, 0.25) is 0 Å². The number of anilines is 1. The number of benzene rings is 1. The van der Waals surface area contributed by atoms with Crippen LogP contribution in [0.5, 0.6) is 5.75 Å². The highest BCUT2D eigenvalue weighted by Gasteiger charge is 2.42. The second kappa shape index (κ2) is 5.16. The van der Waals surface area contributed by atoms with E-state index < -0.39 is 23.6 Å². The second-order valence-electron chi connectivity index (χ2n) is 3.80. The summed E-state index contributed by atoms with van der Waals surface area (Å²) in [4.78, 5) is 23.6. The molecule has 1 aromatic rings. The minimum atomic E-state index is -4.18. The van der Waals surface area contributed by atoms with Gasteiger partial charge in [-0.2, -0.15) is 8.78 Å². The van der Waals surface area contributed by atoms with Gasteiger partial charge in [0.2, 0.25) is 0 Å².